The molecule has 1 rings (SSSR count). The Hall–Kier alpha value is -1.53. The van der Waals surface area contributed by atoms with Gasteiger partial charge in [-0.1, -0.05) is 11.6 Å². The monoisotopic (exact) mass is 259 g/mol. The minimum absolute atomic E-state index is 0.0841. The zero-order chi connectivity index (χ0) is 12.1. The highest BCUT2D eigenvalue weighted by atomic mass is 35.5. The molecule has 0 unspecified atom stereocenters. The van der Waals surface area contributed by atoms with Crippen LogP contribution in [0.15, 0.2) is 18.2 Å². The van der Waals surface area contributed by atoms with Crippen LogP contribution >= 0.6 is 23.8 Å². The maximum Gasteiger partial charge on any atom is 0.413 e. The first kappa shape index (κ1) is 12.5. The molecule has 0 atom stereocenters. The van der Waals surface area contributed by atoms with Gasteiger partial charge in [0.2, 0.25) is 0 Å². The molecule has 5 nitrogen and oxygen atoms in total. The molecular weight excluding hydrogens is 250 g/mol. The summed E-state index contributed by atoms with van der Waals surface area (Å²) in [6.45, 7) is 0. The lowest BCUT2D eigenvalue weighted by Crippen LogP contribution is -2.34. The maximum atomic E-state index is 10.8. The number of methoxy groups -OCH3 is 1. The Kier molecular flexibility index (Phi) is 4.33. The highest BCUT2D eigenvalue weighted by Gasteiger charge is 2.06. The van der Waals surface area contributed by atoms with Crippen LogP contribution in [-0.2, 0) is 4.74 Å². The third-order valence-corrected chi connectivity index (χ3v) is 2.10. The molecule has 0 bridgehead atoms. The molecule has 4 N–H and O–H groups in total. The standard InChI is InChI=1S/C9H10ClN3O2S/c1-15-9(14)13-8(16)12-7-4-5(10)2-3-6(7)11/h2-4H,11H2,1H3,(H2,12,13,14,16). The van der Waals surface area contributed by atoms with E-state index in [4.69, 9.17) is 29.6 Å². The van der Waals surface area contributed by atoms with Crippen molar-refractivity contribution in [3.63, 3.8) is 0 Å². The van der Waals surface area contributed by atoms with E-state index in [-0.39, 0.29) is 5.11 Å². The number of ether oxygens (including phenoxy) is 1. The first-order valence-electron chi connectivity index (χ1n) is 4.24. The number of carbonyl (C=O) groups excluding carboxylic acids is 1. The highest BCUT2D eigenvalue weighted by molar-refractivity contribution is 7.80. The summed E-state index contributed by atoms with van der Waals surface area (Å²) in [4.78, 5) is 10.8. The van der Waals surface area contributed by atoms with Gasteiger partial charge in [0.15, 0.2) is 5.11 Å². The van der Waals surface area contributed by atoms with Crippen molar-refractivity contribution in [2.24, 2.45) is 0 Å². The van der Waals surface area contributed by atoms with Crippen LogP contribution in [0.25, 0.3) is 0 Å². The molecule has 16 heavy (non-hydrogen) atoms. The summed E-state index contributed by atoms with van der Waals surface area (Å²) in [5.41, 5.74) is 6.67. The molecule has 7 heteroatoms. The lowest BCUT2D eigenvalue weighted by Gasteiger charge is -2.10. The molecule has 1 aromatic rings. The maximum absolute atomic E-state index is 10.8. The van der Waals surface area contributed by atoms with Gasteiger partial charge in [-0.3, -0.25) is 5.32 Å². The van der Waals surface area contributed by atoms with Gasteiger partial charge in [0.1, 0.15) is 0 Å². The Morgan fingerprint density at radius 1 is 1.56 bits per heavy atom. The minimum Gasteiger partial charge on any atom is -0.453 e. The number of amides is 1. The summed E-state index contributed by atoms with van der Waals surface area (Å²) >= 11 is 10.6. The molecule has 0 fully saturated rings. The number of nitrogens with two attached hydrogens (primary N) is 1. The number of anilines is 2. The lowest BCUT2D eigenvalue weighted by molar-refractivity contribution is 0.177. The topological polar surface area (TPSA) is 76.4 Å². The molecule has 0 heterocycles. The zero-order valence-electron chi connectivity index (χ0n) is 8.41. The number of thiocarbonyl (C=S) groups is 1. The van der Waals surface area contributed by atoms with Crippen LogP contribution in [0.4, 0.5) is 16.2 Å². The van der Waals surface area contributed by atoms with E-state index in [1.807, 2.05) is 0 Å². The first-order chi connectivity index (χ1) is 7.52. The Bertz CT molecular complexity index is 425. The van der Waals surface area contributed by atoms with Gasteiger partial charge >= 0.3 is 6.09 Å². The third-order valence-electron chi connectivity index (χ3n) is 1.66. The average Bonchev–Trinajstić information content (AvgIpc) is 2.23. The number of nitrogens with one attached hydrogen (secondary N) is 2. The van der Waals surface area contributed by atoms with Gasteiger partial charge in [0, 0.05) is 5.02 Å². The number of rotatable bonds is 1. The number of hydrogen-bond donors (Lipinski definition) is 3. The van der Waals surface area contributed by atoms with Crippen molar-refractivity contribution >= 4 is 46.4 Å². The van der Waals surface area contributed by atoms with Crippen molar-refractivity contribution in [1.82, 2.24) is 5.32 Å². The number of hydrogen-bond acceptors (Lipinski definition) is 4. The number of nitrogen functional groups attached to an aromatic ring is 1. The largest absolute Gasteiger partial charge is 0.453 e. The Balaban J connectivity index is 2.69. The quantitative estimate of drug-likeness (QED) is 0.531. The van der Waals surface area contributed by atoms with E-state index in [9.17, 15) is 4.79 Å². The molecular formula is C9H10ClN3O2S. The van der Waals surface area contributed by atoms with Gasteiger partial charge in [0.05, 0.1) is 18.5 Å². The summed E-state index contributed by atoms with van der Waals surface area (Å²) in [7, 11) is 1.24. The molecule has 1 amide bonds. The first-order valence-corrected chi connectivity index (χ1v) is 5.02. The Labute approximate surface area is 103 Å². The summed E-state index contributed by atoms with van der Waals surface area (Å²) in [5, 5.41) is 5.61. The van der Waals surface area contributed by atoms with E-state index in [2.05, 4.69) is 15.4 Å². The van der Waals surface area contributed by atoms with E-state index >= 15 is 0 Å². The molecule has 0 aliphatic heterocycles. The zero-order valence-corrected chi connectivity index (χ0v) is 9.98. The second-order valence-electron chi connectivity index (χ2n) is 2.80. The normalized spacial score (nSPS) is 9.38. The van der Waals surface area contributed by atoms with Crippen molar-refractivity contribution in [3.8, 4) is 0 Å². The van der Waals surface area contributed by atoms with Crippen molar-refractivity contribution in [2.75, 3.05) is 18.2 Å². The Morgan fingerprint density at radius 3 is 2.88 bits per heavy atom. The molecule has 0 saturated carbocycles. The van der Waals surface area contributed by atoms with Crippen LogP contribution in [-0.4, -0.2) is 18.3 Å². The lowest BCUT2D eigenvalue weighted by atomic mass is 10.3. The van der Waals surface area contributed by atoms with Gasteiger partial charge in [-0.2, -0.15) is 0 Å². The highest BCUT2D eigenvalue weighted by Crippen LogP contribution is 2.22. The van der Waals surface area contributed by atoms with E-state index in [0.29, 0.717) is 16.4 Å². The number of benzene rings is 1. The molecule has 0 radical (unpaired) electrons. The second kappa shape index (κ2) is 5.53. The predicted molar refractivity (Wildman–Crippen MR) is 67.6 cm³/mol. The average molecular weight is 260 g/mol. The fourth-order valence-corrected chi connectivity index (χ4v) is 1.30. The molecule has 1 aromatic carbocycles. The van der Waals surface area contributed by atoms with Crippen molar-refractivity contribution in [1.29, 1.82) is 0 Å². The summed E-state index contributed by atoms with van der Waals surface area (Å²) < 4.78 is 4.38. The molecule has 0 aromatic heterocycles. The van der Waals surface area contributed by atoms with E-state index in [0.717, 1.165) is 0 Å². The Morgan fingerprint density at radius 2 is 2.25 bits per heavy atom. The third kappa shape index (κ3) is 3.56. The van der Waals surface area contributed by atoms with Crippen LogP contribution in [0.1, 0.15) is 0 Å². The minimum atomic E-state index is -0.655. The van der Waals surface area contributed by atoms with Gasteiger partial charge < -0.3 is 15.8 Å². The second-order valence-corrected chi connectivity index (χ2v) is 3.65. The van der Waals surface area contributed by atoms with E-state index < -0.39 is 6.09 Å². The van der Waals surface area contributed by atoms with Crippen LogP contribution in [0.2, 0.25) is 5.02 Å². The van der Waals surface area contributed by atoms with Crippen molar-refractivity contribution < 1.29 is 9.53 Å². The van der Waals surface area contributed by atoms with Crippen molar-refractivity contribution in [2.45, 2.75) is 0 Å². The fraction of sp³-hybridized carbons (Fsp3) is 0.111. The van der Waals surface area contributed by atoms with Gasteiger partial charge in [-0.25, -0.2) is 4.79 Å². The van der Waals surface area contributed by atoms with Gasteiger partial charge in [-0.15, -0.1) is 0 Å². The smallest absolute Gasteiger partial charge is 0.413 e. The number of carbonyl (C=O) groups is 1. The van der Waals surface area contributed by atoms with Gasteiger partial charge in [-0.05, 0) is 30.4 Å². The van der Waals surface area contributed by atoms with Crippen LogP contribution < -0.4 is 16.4 Å². The fourth-order valence-electron chi connectivity index (χ4n) is 0.934. The molecule has 0 aliphatic carbocycles. The predicted octanol–water partition coefficient (Wildman–Crippen LogP) is 1.97. The molecule has 0 saturated heterocycles. The van der Waals surface area contributed by atoms with Crippen LogP contribution in [0.3, 0.4) is 0 Å². The number of halogens is 1. The SMILES string of the molecule is COC(=O)NC(=S)Nc1cc(Cl)ccc1N. The van der Waals surface area contributed by atoms with Crippen molar-refractivity contribution in [3.05, 3.63) is 23.2 Å². The van der Waals surface area contributed by atoms with Crippen LogP contribution in [0.5, 0.6) is 0 Å². The van der Waals surface area contributed by atoms with Gasteiger partial charge in [0.25, 0.3) is 0 Å². The summed E-state index contributed by atoms with van der Waals surface area (Å²) in [5.74, 6) is 0. The molecule has 0 spiro atoms. The van der Waals surface area contributed by atoms with E-state index in [1.165, 1.54) is 7.11 Å². The van der Waals surface area contributed by atoms with Crippen LogP contribution in [0, 0.1) is 0 Å². The summed E-state index contributed by atoms with van der Waals surface area (Å²) in [6, 6.07) is 4.88. The van der Waals surface area contributed by atoms with E-state index in [1.54, 1.807) is 18.2 Å². The molecule has 86 valence electrons. The summed E-state index contributed by atoms with van der Waals surface area (Å²) in [6.07, 6.45) is -0.655. The number of alkyl carbamates (subject to hydrolysis) is 1. The molecule has 0 aliphatic rings.